The van der Waals surface area contributed by atoms with E-state index in [9.17, 15) is 9.59 Å². The number of carbonyl (C=O) groups excluding carboxylic acids is 2. The van der Waals surface area contributed by atoms with Gasteiger partial charge in [-0.2, -0.15) is 5.10 Å². The SMILES string of the molecule is COc1cc(C=NNC(=O)CSc2nnc(SCc3ccccc3)s2)cc(OC)c1OC(C)=O. The number of nitrogens with zero attached hydrogens (tertiary/aromatic N) is 3. The van der Waals surface area contributed by atoms with Gasteiger partial charge in [0.1, 0.15) is 0 Å². The fourth-order valence-corrected chi connectivity index (χ4v) is 5.36. The van der Waals surface area contributed by atoms with Gasteiger partial charge in [0.05, 0.1) is 26.2 Å². The summed E-state index contributed by atoms with van der Waals surface area (Å²) in [4.78, 5) is 23.5. The van der Waals surface area contributed by atoms with Crippen molar-refractivity contribution in [2.75, 3.05) is 20.0 Å². The number of benzene rings is 2. The average molecular weight is 519 g/mol. The number of aromatic nitrogens is 2. The molecular formula is C22H22N4O5S3. The first kappa shape index (κ1) is 25.5. The molecule has 3 rings (SSSR count). The second kappa shape index (κ2) is 13.0. The van der Waals surface area contributed by atoms with Crippen LogP contribution in [-0.4, -0.2) is 48.3 Å². The van der Waals surface area contributed by atoms with Crippen LogP contribution in [0.3, 0.4) is 0 Å². The van der Waals surface area contributed by atoms with E-state index >= 15 is 0 Å². The summed E-state index contributed by atoms with van der Waals surface area (Å²) in [6.07, 6.45) is 1.44. The van der Waals surface area contributed by atoms with Gasteiger partial charge in [-0.05, 0) is 17.7 Å². The first-order valence-electron chi connectivity index (χ1n) is 9.88. The van der Waals surface area contributed by atoms with Crippen molar-refractivity contribution in [1.82, 2.24) is 15.6 Å². The number of esters is 1. The van der Waals surface area contributed by atoms with Crippen molar-refractivity contribution < 1.29 is 23.8 Å². The quantitative estimate of drug-likeness (QED) is 0.132. The van der Waals surface area contributed by atoms with Crippen molar-refractivity contribution in [1.29, 1.82) is 0 Å². The van der Waals surface area contributed by atoms with Crippen molar-refractivity contribution >= 4 is 53.0 Å². The fourth-order valence-electron chi connectivity index (χ4n) is 2.59. The molecule has 0 saturated heterocycles. The maximum Gasteiger partial charge on any atom is 0.308 e. The van der Waals surface area contributed by atoms with Gasteiger partial charge >= 0.3 is 5.97 Å². The van der Waals surface area contributed by atoms with Gasteiger partial charge in [0, 0.05) is 18.2 Å². The molecule has 0 fully saturated rings. The summed E-state index contributed by atoms with van der Waals surface area (Å²) >= 11 is 4.35. The van der Waals surface area contributed by atoms with E-state index in [1.54, 1.807) is 23.9 Å². The molecule has 1 heterocycles. The van der Waals surface area contributed by atoms with Gasteiger partial charge in [-0.15, -0.1) is 10.2 Å². The highest BCUT2D eigenvalue weighted by Gasteiger charge is 2.16. The maximum absolute atomic E-state index is 12.1. The van der Waals surface area contributed by atoms with Crippen molar-refractivity contribution in [3.05, 3.63) is 53.6 Å². The molecule has 0 radical (unpaired) electrons. The summed E-state index contributed by atoms with van der Waals surface area (Å²) in [7, 11) is 2.89. The molecule has 0 atom stereocenters. The Hall–Kier alpha value is -3.09. The zero-order valence-corrected chi connectivity index (χ0v) is 21.1. The van der Waals surface area contributed by atoms with Gasteiger partial charge in [0.2, 0.25) is 5.75 Å². The van der Waals surface area contributed by atoms with E-state index < -0.39 is 5.97 Å². The van der Waals surface area contributed by atoms with Gasteiger partial charge in [0.25, 0.3) is 5.91 Å². The molecule has 178 valence electrons. The molecule has 1 aromatic heterocycles. The molecular weight excluding hydrogens is 496 g/mol. The number of thioether (sulfide) groups is 2. The van der Waals surface area contributed by atoms with Crippen LogP contribution in [0.15, 0.2) is 56.2 Å². The number of rotatable bonds is 11. The Morgan fingerprint density at radius 3 is 2.32 bits per heavy atom. The lowest BCUT2D eigenvalue weighted by Gasteiger charge is -2.13. The van der Waals surface area contributed by atoms with E-state index in [-0.39, 0.29) is 17.4 Å². The molecule has 12 heteroatoms. The fraction of sp³-hybridized carbons (Fsp3) is 0.227. The predicted molar refractivity (Wildman–Crippen MR) is 133 cm³/mol. The number of amides is 1. The summed E-state index contributed by atoms with van der Waals surface area (Å²) in [5, 5.41) is 12.3. The Morgan fingerprint density at radius 1 is 1.06 bits per heavy atom. The van der Waals surface area contributed by atoms with Gasteiger partial charge < -0.3 is 14.2 Å². The van der Waals surface area contributed by atoms with Crippen LogP contribution in [0.5, 0.6) is 17.2 Å². The summed E-state index contributed by atoms with van der Waals surface area (Å²) in [6, 6.07) is 13.3. The third-order valence-electron chi connectivity index (χ3n) is 4.05. The number of ether oxygens (including phenoxy) is 3. The van der Waals surface area contributed by atoms with Crippen molar-refractivity contribution in [3.63, 3.8) is 0 Å². The van der Waals surface area contributed by atoms with Crippen LogP contribution in [0, 0.1) is 0 Å². The lowest BCUT2D eigenvalue weighted by Crippen LogP contribution is -2.19. The summed E-state index contributed by atoms with van der Waals surface area (Å²) in [5.74, 6) is 0.948. The number of hydrazone groups is 1. The third kappa shape index (κ3) is 7.75. The Labute approximate surface area is 209 Å². The molecule has 0 spiro atoms. The first-order chi connectivity index (χ1) is 16.5. The minimum Gasteiger partial charge on any atom is -0.493 e. The lowest BCUT2D eigenvalue weighted by molar-refractivity contribution is -0.132. The van der Waals surface area contributed by atoms with Gasteiger partial charge in [-0.3, -0.25) is 9.59 Å². The highest BCUT2D eigenvalue weighted by molar-refractivity contribution is 8.03. The number of hydrogen-bond donors (Lipinski definition) is 1. The van der Waals surface area contributed by atoms with Crippen LogP contribution in [0.25, 0.3) is 0 Å². The molecule has 0 unspecified atom stereocenters. The van der Waals surface area contributed by atoms with Gasteiger partial charge in [-0.25, -0.2) is 5.43 Å². The normalized spacial score (nSPS) is 10.8. The van der Waals surface area contributed by atoms with Crippen molar-refractivity contribution in [2.45, 2.75) is 21.4 Å². The summed E-state index contributed by atoms with van der Waals surface area (Å²) in [5.41, 5.74) is 4.27. The molecule has 2 aromatic carbocycles. The van der Waals surface area contributed by atoms with E-state index in [2.05, 4.69) is 32.9 Å². The third-order valence-corrected chi connectivity index (χ3v) is 7.31. The van der Waals surface area contributed by atoms with Crippen LogP contribution in [0.4, 0.5) is 0 Å². The Bertz CT molecular complexity index is 1130. The molecule has 1 amide bonds. The number of methoxy groups -OCH3 is 2. The second-order valence-electron chi connectivity index (χ2n) is 6.54. The molecule has 0 bridgehead atoms. The minimum atomic E-state index is -0.500. The van der Waals surface area contributed by atoms with E-state index in [4.69, 9.17) is 14.2 Å². The Kier molecular flexibility index (Phi) is 9.74. The van der Waals surface area contributed by atoms with E-state index in [0.717, 1.165) is 10.1 Å². The van der Waals surface area contributed by atoms with Crippen LogP contribution < -0.4 is 19.6 Å². The molecule has 9 nitrogen and oxygen atoms in total. The monoisotopic (exact) mass is 518 g/mol. The van der Waals surface area contributed by atoms with Gasteiger partial charge in [-0.1, -0.05) is 65.2 Å². The van der Waals surface area contributed by atoms with Gasteiger partial charge in [0.15, 0.2) is 20.2 Å². The Morgan fingerprint density at radius 2 is 1.71 bits per heavy atom. The van der Waals surface area contributed by atoms with Crippen LogP contribution >= 0.6 is 34.9 Å². The molecule has 0 aliphatic rings. The average Bonchev–Trinajstić information content (AvgIpc) is 3.30. The molecule has 34 heavy (non-hydrogen) atoms. The summed E-state index contributed by atoms with van der Waals surface area (Å²) < 4.78 is 17.2. The standard InChI is InChI=1S/C22H22N4O5S3/c1-14(27)31-20-17(29-2)9-16(10-18(20)30-3)11-23-24-19(28)13-33-22-26-25-21(34-22)32-12-15-7-5-4-6-8-15/h4-11H,12-13H2,1-3H3,(H,24,28). The molecule has 1 N–H and O–H groups in total. The second-order valence-corrected chi connectivity index (χ2v) is 9.96. The topological polar surface area (TPSA) is 112 Å². The number of nitrogens with one attached hydrogen (secondary N) is 1. The van der Waals surface area contributed by atoms with E-state index in [0.29, 0.717) is 21.4 Å². The predicted octanol–water partition coefficient (Wildman–Crippen LogP) is 4.02. The van der Waals surface area contributed by atoms with Crippen LogP contribution in [0.2, 0.25) is 0 Å². The van der Waals surface area contributed by atoms with Crippen molar-refractivity contribution in [3.8, 4) is 17.2 Å². The van der Waals surface area contributed by atoms with E-state index in [1.807, 2.05) is 18.2 Å². The van der Waals surface area contributed by atoms with Crippen LogP contribution in [-0.2, 0) is 15.3 Å². The zero-order chi connectivity index (χ0) is 24.3. The zero-order valence-electron chi connectivity index (χ0n) is 18.6. The number of carbonyl (C=O) groups is 2. The molecule has 3 aromatic rings. The first-order valence-corrected chi connectivity index (χ1v) is 12.7. The number of hydrogen-bond acceptors (Lipinski definition) is 11. The lowest BCUT2D eigenvalue weighted by atomic mass is 10.2. The molecule has 0 saturated carbocycles. The minimum absolute atomic E-state index is 0.146. The van der Waals surface area contributed by atoms with Crippen LogP contribution in [0.1, 0.15) is 18.1 Å². The smallest absolute Gasteiger partial charge is 0.308 e. The van der Waals surface area contributed by atoms with Crippen molar-refractivity contribution in [2.24, 2.45) is 5.10 Å². The largest absolute Gasteiger partial charge is 0.493 e. The summed E-state index contributed by atoms with van der Waals surface area (Å²) in [6.45, 7) is 1.29. The maximum atomic E-state index is 12.1. The Balaban J connectivity index is 1.50. The highest BCUT2D eigenvalue weighted by atomic mass is 32.2. The highest BCUT2D eigenvalue weighted by Crippen LogP contribution is 2.38. The molecule has 0 aliphatic heterocycles. The van der Waals surface area contributed by atoms with E-state index in [1.165, 1.54) is 56.0 Å². The molecule has 0 aliphatic carbocycles.